The van der Waals surface area contributed by atoms with Crippen molar-refractivity contribution >= 4 is 45.8 Å². The van der Waals surface area contributed by atoms with Gasteiger partial charge >= 0.3 is 5.97 Å². The number of aliphatic hydroxyl groups excluding tert-OH is 3. The van der Waals surface area contributed by atoms with Gasteiger partial charge in [-0.05, 0) is 57.6 Å². The quantitative estimate of drug-likeness (QED) is 0.152. The Morgan fingerprint density at radius 3 is 2.31 bits per heavy atom. The summed E-state index contributed by atoms with van der Waals surface area (Å²) in [6.07, 6.45) is 0.912. The first kappa shape index (κ1) is 39.2. The van der Waals surface area contributed by atoms with Crippen molar-refractivity contribution in [1.29, 1.82) is 0 Å². The number of phenolic OH excluding ortho intramolecular Hbond substituents is 1. The average Bonchev–Trinajstić information content (AvgIpc) is 4.01. The molecule has 3 aromatic rings. The normalized spacial score (nSPS) is 28.8. The van der Waals surface area contributed by atoms with Gasteiger partial charge in [0.1, 0.15) is 34.2 Å². The number of likely N-dealkylation sites (N-methyl/N-ethyl adjacent to an activating group) is 1. The molecule has 306 valence electrons. The third kappa shape index (κ3) is 5.57. The second-order valence-corrected chi connectivity index (χ2v) is 16.1. The first-order valence-corrected chi connectivity index (χ1v) is 18.8. The number of carboxylic acids is 1. The van der Waals surface area contributed by atoms with Crippen molar-refractivity contribution in [3.8, 4) is 5.75 Å². The van der Waals surface area contributed by atoms with Crippen LogP contribution in [0, 0.1) is 17.7 Å². The number of Topliss-reactive ketones (excluding diaryl/α,β-unsaturated/α-hetero) is 2. The Kier molecular flexibility index (Phi) is 9.09. The predicted octanol–water partition coefficient (Wildman–Crippen LogP) is 0.498. The zero-order valence-corrected chi connectivity index (χ0v) is 31.6. The molecule has 58 heavy (non-hydrogen) atoms. The number of carboxylic acid groups (broad SMARTS) is 1. The lowest BCUT2D eigenvalue weighted by Gasteiger charge is -2.55. The number of aliphatic hydroxyl groups is 5. The Morgan fingerprint density at radius 2 is 1.69 bits per heavy atom. The Morgan fingerprint density at radius 1 is 1.02 bits per heavy atom. The van der Waals surface area contributed by atoms with E-state index in [9.17, 15) is 59.7 Å². The summed E-state index contributed by atoms with van der Waals surface area (Å²) < 4.78 is 17.2. The number of amides is 1. The minimum atomic E-state index is -3.14. The maximum Gasteiger partial charge on any atom is 0.341 e. The van der Waals surface area contributed by atoms with Gasteiger partial charge in [0.25, 0.3) is 5.91 Å². The monoisotopic (exact) mass is 803 g/mol. The van der Waals surface area contributed by atoms with Gasteiger partial charge in [0.2, 0.25) is 11.2 Å². The third-order valence-electron chi connectivity index (χ3n) is 12.5. The molecule has 1 amide bonds. The number of piperazine rings is 1. The average molecular weight is 804 g/mol. The number of ketones is 2. The largest absolute Gasteiger partial charge is 0.508 e. The van der Waals surface area contributed by atoms with Crippen LogP contribution in [0.15, 0.2) is 58.2 Å². The van der Waals surface area contributed by atoms with Crippen LogP contribution in [0.25, 0.3) is 16.7 Å². The number of aromatic nitrogens is 1. The summed E-state index contributed by atoms with van der Waals surface area (Å²) in [4.78, 5) is 71.7. The van der Waals surface area contributed by atoms with E-state index in [2.05, 4.69) is 5.32 Å². The highest BCUT2D eigenvalue weighted by Gasteiger charge is 2.70. The molecule has 18 heteroatoms. The van der Waals surface area contributed by atoms with Crippen molar-refractivity contribution in [1.82, 2.24) is 19.7 Å². The molecule has 17 nitrogen and oxygen atoms in total. The SMILES string of the molecule is CN(C)[C@@H]1C(=O)C(C(=O)NCN2CCN(c3cc4c(cc3F)c(=O)c(C(=O)O)cn4C3CC3)CC2)=C(O)[C@@]2(O)C(=O)C3=C(O)c4c(O)cccc4[C@@](C)(O)[C@H]3[C@H](O)[C@@H]12. The molecule has 5 aliphatic rings. The molecule has 0 radical (unpaired) electrons. The van der Waals surface area contributed by atoms with Gasteiger partial charge in [-0.25, -0.2) is 9.18 Å². The maximum absolute atomic E-state index is 15.5. The van der Waals surface area contributed by atoms with E-state index in [1.165, 1.54) is 56.4 Å². The number of benzene rings is 2. The fraction of sp³-hybridized carbons (Fsp3) is 0.425. The summed E-state index contributed by atoms with van der Waals surface area (Å²) >= 11 is 0. The van der Waals surface area contributed by atoms with Crippen molar-refractivity contribution in [3.63, 3.8) is 0 Å². The van der Waals surface area contributed by atoms with Crippen molar-refractivity contribution in [2.45, 2.75) is 49.2 Å². The summed E-state index contributed by atoms with van der Waals surface area (Å²) in [7, 11) is 2.81. The first-order chi connectivity index (χ1) is 27.3. The number of hydrogen-bond donors (Lipinski definition) is 8. The number of pyridine rings is 1. The number of rotatable bonds is 7. The van der Waals surface area contributed by atoms with Crippen molar-refractivity contribution in [2.75, 3.05) is 51.8 Å². The fourth-order valence-electron chi connectivity index (χ4n) is 9.41. The van der Waals surface area contributed by atoms with Crippen LogP contribution in [-0.4, -0.2) is 138 Å². The minimum Gasteiger partial charge on any atom is -0.508 e. The highest BCUT2D eigenvalue weighted by atomic mass is 19.1. The van der Waals surface area contributed by atoms with Gasteiger partial charge in [-0.15, -0.1) is 0 Å². The van der Waals surface area contributed by atoms with Crippen molar-refractivity contribution < 1.29 is 59.3 Å². The zero-order chi connectivity index (χ0) is 41.9. The van der Waals surface area contributed by atoms with E-state index in [1.54, 1.807) is 14.4 Å². The summed E-state index contributed by atoms with van der Waals surface area (Å²) in [5.74, 6) is -11.8. The van der Waals surface area contributed by atoms with E-state index >= 15 is 4.39 Å². The van der Waals surface area contributed by atoms with Crippen LogP contribution in [0.5, 0.6) is 5.75 Å². The molecular formula is C40H42FN5O12. The topological polar surface area (TPSA) is 254 Å². The van der Waals surface area contributed by atoms with Gasteiger partial charge in [0, 0.05) is 43.8 Å². The molecule has 1 aliphatic heterocycles. The van der Waals surface area contributed by atoms with Crippen molar-refractivity contribution in [2.24, 2.45) is 11.8 Å². The summed E-state index contributed by atoms with van der Waals surface area (Å²) in [5, 5.41) is 81.5. The van der Waals surface area contributed by atoms with Gasteiger partial charge < -0.3 is 50.5 Å². The lowest BCUT2D eigenvalue weighted by Crippen LogP contribution is -2.72. The second kappa shape index (κ2) is 13.5. The molecule has 1 saturated heterocycles. The van der Waals surface area contributed by atoms with E-state index in [0.29, 0.717) is 5.52 Å². The number of aromatic carboxylic acids is 1. The molecular weight excluding hydrogens is 761 g/mol. The number of halogens is 1. The lowest BCUT2D eigenvalue weighted by molar-refractivity contribution is -0.181. The molecule has 3 fully saturated rings. The van der Waals surface area contributed by atoms with Crippen LogP contribution in [0.3, 0.4) is 0 Å². The zero-order valence-electron chi connectivity index (χ0n) is 31.6. The number of phenols is 1. The number of carbonyl (C=O) groups excluding carboxylic acids is 3. The van der Waals surface area contributed by atoms with E-state index in [-0.39, 0.29) is 61.1 Å². The Bertz CT molecular complexity index is 2460. The minimum absolute atomic E-state index is 0.0109. The number of fused-ring (bicyclic) bond motifs is 4. The van der Waals surface area contributed by atoms with Gasteiger partial charge in [0.05, 0.1) is 58.6 Å². The molecule has 8 rings (SSSR count). The Labute approximate surface area is 329 Å². The standard InChI is InChI=1S/C40H42FN5O12/c1-39(57)20-5-4-6-24(47)25(20)32(49)26-28(39)34(51)29-30(43(2)3)33(50)27(36(53)40(29,58)35(26)52)37(54)42-16-44-9-11-45(12-10-44)23-14-22-18(13-21(23)41)31(48)19(38(55)56)15-46(22)17-7-8-17/h4-6,13-15,17,28-30,34,47,49,51,53,57-58H,7-12,16H2,1-3H3,(H,42,54)(H,55,56)/t28-,29-,30+,34+,39-,40+/m1/s1. The molecule has 0 unspecified atom stereocenters. The molecule has 1 aromatic heterocycles. The van der Waals surface area contributed by atoms with Crippen LogP contribution in [-0.2, 0) is 20.0 Å². The predicted molar refractivity (Wildman–Crippen MR) is 202 cm³/mol. The number of carbonyl (C=O) groups is 4. The van der Waals surface area contributed by atoms with Gasteiger partial charge in [-0.1, -0.05) is 12.1 Å². The van der Waals surface area contributed by atoms with E-state index < -0.39 is 104 Å². The van der Waals surface area contributed by atoms with Crippen molar-refractivity contribution in [3.05, 3.63) is 86.2 Å². The van der Waals surface area contributed by atoms with Crippen LogP contribution in [0.4, 0.5) is 10.1 Å². The highest BCUT2D eigenvalue weighted by Crippen LogP contribution is 2.57. The summed E-state index contributed by atoms with van der Waals surface area (Å²) in [5.41, 5.74) is -7.87. The number of hydrogen-bond acceptors (Lipinski definition) is 14. The van der Waals surface area contributed by atoms with Gasteiger partial charge in [-0.2, -0.15) is 0 Å². The molecule has 0 bridgehead atoms. The second-order valence-electron chi connectivity index (χ2n) is 16.1. The summed E-state index contributed by atoms with van der Waals surface area (Å²) in [6, 6.07) is 4.96. The fourth-order valence-corrected chi connectivity index (χ4v) is 9.41. The van der Waals surface area contributed by atoms with Gasteiger partial charge in [-0.3, -0.25) is 29.0 Å². The van der Waals surface area contributed by atoms with Crippen LogP contribution < -0.4 is 15.6 Å². The van der Waals surface area contributed by atoms with Gasteiger partial charge in [0.15, 0.2) is 11.4 Å². The Balaban J connectivity index is 1.05. The van der Waals surface area contributed by atoms with E-state index in [4.69, 9.17) is 0 Å². The van der Waals surface area contributed by atoms with Crippen LogP contribution >= 0.6 is 0 Å². The molecule has 6 atom stereocenters. The first-order valence-electron chi connectivity index (χ1n) is 18.8. The smallest absolute Gasteiger partial charge is 0.341 e. The summed E-state index contributed by atoms with van der Waals surface area (Å²) in [6.45, 7) is 2.11. The van der Waals surface area contributed by atoms with E-state index in [1.807, 2.05) is 0 Å². The maximum atomic E-state index is 15.5. The number of anilines is 1. The van der Waals surface area contributed by atoms with Crippen LogP contribution in [0.2, 0.25) is 0 Å². The molecule has 4 aliphatic carbocycles. The molecule has 2 aromatic carbocycles. The Hall–Kier alpha value is -5.66. The van der Waals surface area contributed by atoms with E-state index in [0.717, 1.165) is 18.9 Å². The number of nitrogens with one attached hydrogen (secondary N) is 1. The molecule has 2 heterocycles. The highest BCUT2D eigenvalue weighted by molar-refractivity contribution is 6.25. The lowest BCUT2D eigenvalue weighted by atomic mass is 9.53. The number of nitrogens with zero attached hydrogens (tertiary/aromatic N) is 4. The molecule has 8 N–H and O–H groups in total. The third-order valence-corrected chi connectivity index (χ3v) is 12.5. The number of aromatic hydroxyl groups is 1. The van der Waals surface area contributed by atoms with Crippen LogP contribution in [0.1, 0.15) is 47.3 Å². The molecule has 2 saturated carbocycles. The molecule has 0 spiro atoms.